The van der Waals surface area contributed by atoms with E-state index in [1.54, 1.807) is 12.1 Å². The van der Waals surface area contributed by atoms with E-state index >= 15 is 0 Å². The Morgan fingerprint density at radius 3 is 2.55 bits per heavy atom. The summed E-state index contributed by atoms with van der Waals surface area (Å²) in [4.78, 5) is 4.33. The van der Waals surface area contributed by atoms with Gasteiger partial charge in [0.2, 0.25) is 0 Å². The fourth-order valence-electron chi connectivity index (χ4n) is 4.33. The molecule has 0 bridgehead atoms. The van der Waals surface area contributed by atoms with Crippen LogP contribution in [0.4, 0.5) is 4.39 Å². The van der Waals surface area contributed by atoms with Crippen LogP contribution in [0.2, 0.25) is 0 Å². The minimum atomic E-state index is -0.194. The molecular formula is C17H18FNO. The third kappa shape index (κ3) is 1.92. The summed E-state index contributed by atoms with van der Waals surface area (Å²) < 4.78 is 13.5. The lowest BCUT2D eigenvalue weighted by Crippen LogP contribution is -2.04. The number of aliphatic hydroxyl groups excluding tert-OH is 1. The molecule has 1 aromatic carbocycles. The predicted octanol–water partition coefficient (Wildman–Crippen LogP) is 3.64. The summed E-state index contributed by atoms with van der Waals surface area (Å²) in [5.41, 5.74) is 2.11. The number of fused-ring (bicyclic) bond motifs is 2. The predicted molar refractivity (Wildman–Crippen MR) is 75.9 cm³/mol. The smallest absolute Gasteiger partial charge is 0.123 e. The number of rotatable bonds is 1. The normalized spacial score (nSPS) is 32.7. The molecule has 1 N–H and O–H groups in total. The molecule has 3 unspecified atom stereocenters. The van der Waals surface area contributed by atoms with Crippen molar-refractivity contribution in [2.24, 2.45) is 11.8 Å². The molecule has 0 saturated heterocycles. The second-order valence-electron chi connectivity index (χ2n) is 6.38. The fraction of sp³-hybridized carbons (Fsp3) is 0.471. The van der Waals surface area contributed by atoms with Gasteiger partial charge in [-0.05, 0) is 73.3 Å². The molecule has 104 valence electrons. The topological polar surface area (TPSA) is 33.1 Å². The van der Waals surface area contributed by atoms with E-state index in [1.807, 2.05) is 12.3 Å². The van der Waals surface area contributed by atoms with Crippen LogP contribution in [0.15, 0.2) is 30.5 Å². The van der Waals surface area contributed by atoms with Crippen molar-refractivity contribution >= 4 is 10.9 Å². The van der Waals surface area contributed by atoms with E-state index in [9.17, 15) is 9.50 Å². The Morgan fingerprint density at radius 1 is 1.05 bits per heavy atom. The third-order valence-electron chi connectivity index (χ3n) is 5.17. The number of nitrogens with zero attached hydrogens (tertiary/aromatic N) is 1. The van der Waals surface area contributed by atoms with Crippen LogP contribution in [-0.2, 0) is 0 Å². The molecule has 2 saturated carbocycles. The maximum atomic E-state index is 13.5. The summed E-state index contributed by atoms with van der Waals surface area (Å²) >= 11 is 0. The number of hydrogen-bond donors (Lipinski definition) is 1. The van der Waals surface area contributed by atoms with Crippen molar-refractivity contribution < 1.29 is 9.50 Å². The maximum Gasteiger partial charge on any atom is 0.123 e. The molecule has 2 aliphatic rings. The van der Waals surface area contributed by atoms with Crippen LogP contribution < -0.4 is 0 Å². The highest BCUT2D eigenvalue weighted by atomic mass is 19.1. The lowest BCUT2D eigenvalue weighted by atomic mass is 9.92. The minimum Gasteiger partial charge on any atom is -0.393 e. The molecule has 2 aliphatic carbocycles. The van der Waals surface area contributed by atoms with Crippen LogP contribution in [0.3, 0.4) is 0 Å². The number of aliphatic hydroxyl groups is 1. The van der Waals surface area contributed by atoms with E-state index in [2.05, 4.69) is 4.98 Å². The highest BCUT2D eigenvalue weighted by Crippen LogP contribution is 2.51. The van der Waals surface area contributed by atoms with Gasteiger partial charge in [0.25, 0.3) is 0 Å². The molecule has 2 aromatic rings. The number of halogens is 1. The third-order valence-corrected chi connectivity index (χ3v) is 5.17. The van der Waals surface area contributed by atoms with Gasteiger partial charge in [-0.15, -0.1) is 0 Å². The molecule has 1 aromatic heterocycles. The fourth-order valence-corrected chi connectivity index (χ4v) is 4.33. The van der Waals surface area contributed by atoms with Gasteiger partial charge in [-0.25, -0.2) is 4.39 Å². The van der Waals surface area contributed by atoms with Crippen LogP contribution in [-0.4, -0.2) is 16.2 Å². The van der Waals surface area contributed by atoms with Gasteiger partial charge in [-0.1, -0.05) is 0 Å². The van der Waals surface area contributed by atoms with E-state index < -0.39 is 0 Å². The summed E-state index contributed by atoms with van der Waals surface area (Å²) in [6.07, 6.45) is 5.86. The van der Waals surface area contributed by atoms with E-state index in [4.69, 9.17) is 0 Å². The van der Waals surface area contributed by atoms with Crippen LogP contribution in [0.25, 0.3) is 10.9 Å². The monoisotopic (exact) mass is 271 g/mol. The molecule has 3 heteroatoms. The van der Waals surface area contributed by atoms with Crippen molar-refractivity contribution in [2.45, 2.75) is 37.7 Å². The first-order valence-electron chi connectivity index (χ1n) is 7.43. The van der Waals surface area contributed by atoms with Crippen LogP contribution in [0.1, 0.15) is 37.2 Å². The second kappa shape index (κ2) is 4.52. The van der Waals surface area contributed by atoms with Crippen molar-refractivity contribution in [3.05, 3.63) is 41.8 Å². The number of benzene rings is 1. The minimum absolute atomic E-state index is 0.0995. The average Bonchev–Trinajstić information content (AvgIpc) is 2.95. The van der Waals surface area contributed by atoms with E-state index in [0.717, 1.165) is 36.6 Å². The van der Waals surface area contributed by atoms with Gasteiger partial charge >= 0.3 is 0 Å². The van der Waals surface area contributed by atoms with Crippen LogP contribution in [0.5, 0.6) is 0 Å². The molecule has 2 nitrogen and oxygen atoms in total. The van der Waals surface area contributed by atoms with Crippen molar-refractivity contribution in [1.82, 2.24) is 4.98 Å². The Bertz CT molecular complexity index is 642. The molecule has 1 heterocycles. The first-order chi connectivity index (χ1) is 9.70. The zero-order valence-corrected chi connectivity index (χ0v) is 11.3. The first kappa shape index (κ1) is 12.3. The first-order valence-corrected chi connectivity index (χ1v) is 7.43. The summed E-state index contributed by atoms with van der Waals surface area (Å²) in [5.74, 6) is 1.59. The van der Waals surface area contributed by atoms with E-state index in [0.29, 0.717) is 17.8 Å². The zero-order valence-electron chi connectivity index (χ0n) is 11.3. The standard InChI is InChI=1S/C17H18FNO/c18-13-1-2-17-16(9-13)15(3-4-19-17)12-5-10-7-14(20)8-11(10)6-12/h1-4,9-12,14,20H,5-8H2/t10-,11?,12?,14?/m1/s1. The summed E-state index contributed by atoms with van der Waals surface area (Å²) in [7, 11) is 0. The molecule has 4 rings (SSSR count). The van der Waals surface area contributed by atoms with Gasteiger partial charge in [-0.3, -0.25) is 4.98 Å². The quantitative estimate of drug-likeness (QED) is 0.859. The summed E-state index contributed by atoms with van der Waals surface area (Å²) in [6.45, 7) is 0. The van der Waals surface area contributed by atoms with E-state index in [-0.39, 0.29) is 11.9 Å². The molecule has 0 radical (unpaired) electrons. The Balaban J connectivity index is 1.71. The molecular weight excluding hydrogens is 253 g/mol. The second-order valence-corrected chi connectivity index (χ2v) is 6.38. The van der Waals surface area contributed by atoms with Gasteiger partial charge < -0.3 is 5.11 Å². The van der Waals surface area contributed by atoms with Gasteiger partial charge in [0.05, 0.1) is 11.6 Å². The van der Waals surface area contributed by atoms with Gasteiger partial charge in [0.15, 0.2) is 0 Å². The molecule has 20 heavy (non-hydrogen) atoms. The zero-order chi connectivity index (χ0) is 13.7. The van der Waals surface area contributed by atoms with Gasteiger partial charge in [-0.2, -0.15) is 0 Å². The lowest BCUT2D eigenvalue weighted by Gasteiger charge is -2.15. The Hall–Kier alpha value is -1.48. The van der Waals surface area contributed by atoms with Crippen molar-refractivity contribution in [3.63, 3.8) is 0 Å². The number of aromatic nitrogens is 1. The van der Waals surface area contributed by atoms with E-state index in [1.165, 1.54) is 11.6 Å². The number of hydrogen-bond acceptors (Lipinski definition) is 2. The van der Waals surface area contributed by atoms with Crippen molar-refractivity contribution in [1.29, 1.82) is 0 Å². The highest BCUT2D eigenvalue weighted by Gasteiger charge is 2.41. The van der Waals surface area contributed by atoms with Gasteiger partial charge in [0.1, 0.15) is 5.82 Å². The molecule has 0 amide bonds. The maximum absolute atomic E-state index is 13.5. The highest BCUT2D eigenvalue weighted by molar-refractivity contribution is 5.82. The summed E-state index contributed by atoms with van der Waals surface area (Å²) in [5, 5.41) is 10.7. The molecule has 0 spiro atoms. The molecule has 4 atom stereocenters. The van der Waals surface area contributed by atoms with Gasteiger partial charge in [0, 0.05) is 11.6 Å². The average molecular weight is 271 g/mol. The van der Waals surface area contributed by atoms with Crippen LogP contribution in [0, 0.1) is 17.7 Å². The Morgan fingerprint density at radius 2 is 1.80 bits per heavy atom. The Labute approximate surface area is 117 Å². The lowest BCUT2D eigenvalue weighted by molar-refractivity contribution is 0.171. The van der Waals surface area contributed by atoms with Crippen LogP contribution >= 0.6 is 0 Å². The number of pyridine rings is 1. The summed E-state index contributed by atoms with van der Waals surface area (Å²) in [6, 6.07) is 6.89. The SMILES string of the molecule is OC1CC2CC(c3ccnc4ccc(F)cc34)C[C@@H]2C1. The largest absolute Gasteiger partial charge is 0.393 e. The van der Waals surface area contributed by atoms with Crippen molar-refractivity contribution in [2.75, 3.05) is 0 Å². The molecule has 2 fully saturated rings. The Kier molecular flexibility index (Phi) is 2.77. The van der Waals surface area contributed by atoms with Crippen molar-refractivity contribution in [3.8, 4) is 0 Å². The molecule has 0 aliphatic heterocycles.